The monoisotopic (exact) mass is 364 g/mol. The first-order valence-electron chi connectivity index (χ1n) is 7.20. The molecule has 1 atom stereocenters. The highest BCUT2D eigenvalue weighted by Gasteiger charge is 2.09. The third-order valence-electron chi connectivity index (χ3n) is 3.18. The molecule has 0 aromatic heterocycles. The van der Waals surface area contributed by atoms with Crippen molar-refractivity contribution in [1.82, 2.24) is 0 Å². The zero-order valence-electron chi connectivity index (χ0n) is 12.4. The smallest absolute Gasteiger partial charge is 0.0884 e. The summed E-state index contributed by atoms with van der Waals surface area (Å²) in [6.45, 7) is 4.43. The lowest BCUT2D eigenvalue weighted by Crippen LogP contribution is -2.02. The highest BCUT2D eigenvalue weighted by Crippen LogP contribution is 2.27. The maximum atomic E-state index is 10.4. The lowest BCUT2D eigenvalue weighted by molar-refractivity contribution is 0.204. The van der Waals surface area contributed by atoms with Crippen molar-refractivity contribution in [2.45, 2.75) is 31.3 Å². The highest BCUT2D eigenvalue weighted by atomic mass is 79.9. The van der Waals surface area contributed by atoms with E-state index in [1.54, 1.807) is 11.8 Å². The first-order chi connectivity index (χ1) is 10.0. The van der Waals surface area contributed by atoms with Gasteiger partial charge in [-0.2, -0.15) is 0 Å². The van der Waals surface area contributed by atoms with E-state index in [0.29, 0.717) is 11.7 Å². The lowest BCUT2D eigenvalue weighted by atomic mass is 9.99. The number of aliphatic hydroxyl groups is 1. The number of benzene rings is 2. The topological polar surface area (TPSA) is 20.2 Å². The zero-order chi connectivity index (χ0) is 15.2. The molecule has 3 heteroatoms. The molecule has 0 bridgehead atoms. The van der Waals surface area contributed by atoms with Crippen LogP contribution in [0.1, 0.15) is 31.1 Å². The summed E-state index contributed by atoms with van der Waals surface area (Å²) in [5, 5.41) is 10.4. The summed E-state index contributed by atoms with van der Waals surface area (Å²) in [5.41, 5.74) is 2.31. The van der Waals surface area contributed by atoms with Gasteiger partial charge >= 0.3 is 0 Å². The predicted octanol–water partition coefficient (Wildman–Crippen LogP) is 5.47. The highest BCUT2D eigenvalue weighted by molar-refractivity contribution is 9.10. The molecule has 1 N–H and O–H groups in total. The largest absolute Gasteiger partial charge is 0.388 e. The van der Waals surface area contributed by atoms with Gasteiger partial charge in [-0.3, -0.25) is 0 Å². The Bertz CT molecular complexity index is 583. The molecule has 0 aliphatic carbocycles. The number of thioether (sulfide) groups is 1. The standard InChI is InChI=1S/C18H21BrOS/c1-13(2)9-14-5-3-6-15(10-14)18(20)12-21-17-8-4-7-16(19)11-17/h3-8,10-11,13,18,20H,9,12H2,1-2H3. The van der Waals surface area contributed by atoms with Gasteiger partial charge in [0.05, 0.1) is 6.10 Å². The molecule has 2 aromatic rings. The number of halogens is 1. The molecule has 1 nitrogen and oxygen atoms in total. The summed E-state index contributed by atoms with van der Waals surface area (Å²) in [5.74, 6) is 1.30. The van der Waals surface area contributed by atoms with Gasteiger partial charge in [-0.25, -0.2) is 0 Å². The van der Waals surface area contributed by atoms with Crippen LogP contribution in [0.15, 0.2) is 57.9 Å². The minimum atomic E-state index is -0.430. The van der Waals surface area contributed by atoms with Crippen LogP contribution in [0.4, 0.5) is 0 Å². The minimum Gasteiger partial charge on any atom is -0.388 e. The second-order valence-corrected chi connectivity index (χ2v) is 7.64. The summed E-state index contributed by atoms with van der Waals surface area (Å²) >= 11 is 5.15. The van der Waals surface area contributed by atoms with Crippen LogP contribution in [-0.2, 0) is 6.42 Å². The van der Waals surface area contributed by atoms with E-state index >= 15 is 0 Å². The van der Waals surface area contributed by atoms with Gasteiger partial charge < -0.3 is 5.11 Å². The molecule has 0 heterocycles. The fraction of sp³-hybridized carbons (Fsp3) is 0.333. The van der Waals surface area contributed by atoms with Crippen molar-refractivity contribution < 1.29 is 5.11 Å². The van der Waals surface area contributed by atoms with Crippen molar-refractivity contribution in [3.05, 3.63) is 64.1 Å². The maximum absolute atomic E-state index is 10.4. The molecule has 0 saturated carbocycles. The lowest BCUT2D eigenvalue weighted by Gasteiger charge is -2.13. The summed E-state index contributed by atoms with van der Waals surface area (Å²) in [7, 11) is 0. The first kappa shape index (κ1) is 16.6. The zero-order valence-corrected chi connectivity index (χ0v) is 14.8. The van der Waals surface area contributed by atoms with Crippen molar-refractivity contribution in [3.63, 3.8) is 0 Å². The predicted molar refractivity (Wildman–Crippen MR) is 94.8 cm³/mol. The van der Waals surface area contributed by atoms with Crippen LogP contribution in [0.3, 0.4) is 0 Å². The third-order valence-corrected chi connectivity index (χ3v) is 4.75. The fourth-order valence-corrected chi connectivity index (χ4v) is 3.71. The molecular formula is C18H21BrOS. The summed E-state index contributed by atoms with van der Waals surface area (Å²) in [6.07, 6.45) is 0.625. The van der Waals surface area contributed by atoms with E-state index < -0.39 is 6.10 Å². The number of hydrogen-bond donors (Lipinski definition) is 1. The Hall–Kier alpha value is -0.770. The van der Waals surface area contributed by atoms with Crippen LogP contribution >= 0.6 is 27.7 Å². The molecule has 112 valence electrons. The van der Waals surface area contributed by atoms with E-state index in [9.17, 15) is 5.11 Å². The van der Waals surface area contributed by atoms with Gasteiger partial charge in [0, 0.05) is 15.1 Å². The van der Waals surface area contributed by atoms with Gasteiger partial charge in [-0.05, 0) is 41.7 Å². The van der Waals surface area contributed by atoms with E-state index in [2.05, 4.69) is 54.0 Å². The van der Waals surface area contributed by atoms with Crippen LogP contribution in [-0.4, -0.2) is 10.9 Å². The quantitative estimate of drug-likeness (QED) is 0.685. The first-order valence-corrected chi connectivity index (χ1v) is 8.97. The van der Waals surface area contributed by atoms with E-state index in [0.717, 1.165) is 16.5 Å². The molecular weight excluding hydrogens is 344 g/mol. The normalized spacial score (nSPS) is 12.6. The average molecular weight is 365 g/mol. The molecule has 0 aliphatic heterocycles. The van der Waals surface area contributed by atoms with E-state index in [1.165, 1.54) is 10.5 Å². The fourth-order valence-electron chi connectivity index (χ4n) is 2.23. The van der Waals surface area contributed by atoms with Gasteiger partial charge in [0.15, 0.2) is 0 Å². The molecule has 0 aliphatic rings. The van der Waals surface area contributed by atoms with Gasteiger partial charge in [0.1, 0.15) is 0 Å². The van der Waals surface area contributed by atoms with Crippen molar-refractivity contribution >= 4 is 27.7 Å². The van der Waals surface area contributed by atoms with Gasteiger partial charge in [0.25, 0.3) is 0 Å². The van der Waals surface area contributed by atoms with Crippen LogP contribution in [0.25, 0.3) is 0 Å². The van der Waals surface area contributed by atoms with Gasteiger partial charge in [-0.1, -0.05) is 60.1 Å². The molecule has 0 spiro atoms. The number of rotatable bonds is 6. The SMILES string of the molecule is CC(C)Cc1cccc(C(O)CSc2cccc(Br)c2)c1. The number of aliphatic hydroxyl groups excluding tert-OH is 1. The van der Waals surface area contributed by atoms with Crippen molar-refractivity contribution in [1.29, 1.82) is 0 Å². The molecule has 0 radical (unpaired) electrons. The Morgan fingerprint density at radius 1 is 1.10 bits per heavy atom. The Balaban J connectivity index is 1.98. The van der Waals surface area contributed by atoms with Crippen LogP contribution in [0.2, 0.25) is 0 Å². The summed E-state index contributed by atoms with van der Waals surface area (Å²) < 4.78 is 1.07. The number of hydrogen-bond acceptors (Lipinski definition) is 2. The average Bonchev–Trinajstić information content (AvgIpc) is 2.44. The summed E-state index contributed by atoms with van der Waals surface area (Å²) in [4.78, 5) is 1.17. The Kier molecular flexibility index (Phi) is 6.34. The Labute approximate surface area is 139 Å². The molecule has 1 unspecified atom stereocenters. The summed E-state index contributed by atoms with van der Waals surface area (Å²) in [6, 6.07) is 16.5. The van der Waals surface area contributed by atoms with Gasteiger partial charge in [-0.15, -0.1) is 11.8 Å². The van der Waals surface area contributed by atoms with E-state index in [-0.39, 0.29) is 0 Å². The van der Waals surface area contributed by atoms with Crippen molar-refractivity contribution in [2.75, 3.05) is 5.75 Å². The van der Waals surface area contributed by atoms with Crippen molar-refractivity contribution in [3.8, 4) is 0 Å². The van der Waals surface area contributed by atoms with Gasteiger partial charge in [0.2, 0.25) is 0 Å². The van der Waals surface area contributed by atoms with Crippen molar-refractivity contribution in [2.24, 2.45) is 5.92 Å². The third kappa shape index (κ3) is 5.50. The molecule has 0 amide bonds. The van der Waals surface area contributed by atoms with Crippen LogP contribution in [0, 0.1) is 5.92 Å². The van der Waals surface area contributed by atoms with E-state index in [1.807, 2.05) is 24.3 Å². The molecule has 0 fully saturated rings. The van der Waals surface area contributed by atoms with Crippen LogP contribution in [0.5, 0.6) is 0 Å². The Morgan fingerprint density at radius 3 is 2.57 bits per heavy atom. The second kappa shape index (κ2) is 8.02. The second-order valence-electron chi connectivity index (χ2n) is 5.63. The molecule has 2 aromatic carbocycles. The maximum Gasteiger partial charge on any atom is 0.0884 e. The molecule has 2 rings (SSSR count). The molecule has 0 saturated heterocycles. The minimum absolute atomic E-state index is 0.430. The molecule has 21 heavy (non-hydrogen) atoms. The Morgan fingerprint density at radius 2 is 1.86 bits per heavy atom. The van der Waals surface area contributed by atoms with Crippen LogP contribution < -0.4 is 0 Å². The van der Waals surface area contributed by atoms with E-state index in [4.69, 9.17) is 0 Å².